The van der Waals surface area contributed by atoms with Crippen LogP contribution in [0.4, 0.5) is 4.39 Å². The molecule has 1 aliphatic carbocycles. The number of halogens is 2. The molecule has 6 rings (SSSR count). The van der Waals surface area contributed by atoms with Crippen molar-refractivity contribution in [3.05, 3.63) is 70.6 Å². The van der Waals surface area contributed by atoms with Crippen molar-refractivity contribution in [3.8, 4) is 11.4 Å². The van der Waals surface area contributed by atoms with Crippen LogP contribution in [-0.2, 0) is 10.3 Å². The predicted octanol–water partition coefficient (Wildman–Crippen LogP) is 4.93. The third kappa shape index (κ3) is 2.97. The van der Waals surface area contributed by atoms with Crippen molar-refractivity contribution in [3.63, 3.8) is 0 Å². The molecular weight excluding hydrogens is 433 g/mol. The molecule has 0 amide bonds. The summed E-state index contributed by atoms with van der Waals surface area (Å²) in [5.74, 6) is 0.487. The number of carbonyl (C=O) groups excluding carboxylic acids is 1. The van der Waals surface area contributed by atoms with Crippen molar-refractivity contribution < 1.29 is 13.9 Å². The molecule has 160 valence electrons. The van der Waals surface area contributed by atoms with Crippen LogP contribution >= 0.6 is 11.6 Å². The Bertz CT molecular complexity index is 1380. The Kier molecular flexibility index (Phi) is 4.26. The summed E-state index contributed by atoms with van der Waals surface area (Å²) in [7, 11) is 0. The molecule has 4 heterocycles. The van der Waals surface area contributed by atoms with Crippen LogP contribution < -0.4 is 0 Å². The highest BCUT2D eigenvalue weighted by molar-refractivity contribution is 6.30. The number of aromatic nitrogens is 5. The topological polar surface area (TPSA) is 93.6 Å². The molecule has 1 saturated carbocycles. The van der Waals surface area contributed by atoms with Crippen molar-refractivity contribution in [2.24, 2.45) is 0 Å². The third-order valence-corrected chi connectivity index (χ3v) is 6.66. The summed E-state index contributed by atoms with van der Waals surface area (Å²) < 4.78 is 20.1. The van der Waals surface area contributed by atoms with Crippen molar-refractivity contribution in [1.29, 1.82) is 0 Å². The number of aromatic amines is 1. The van der Waals surface area contributed by atoms with E-state index in [1.165, 1.54) is 6.07 Å². The van der Waals surface area contributed by atoms with E-state index in [1.54, 1.807) is 36.8 Å². The highest BCUT2D eigenvalue weighted by Gasteiger charge is 2.48. The normalized spacial score (nSPS) is 22.3. The van der Waals surface area contributed by atoms with Crippen LogP contribution in [0.25, 0.3) is 22.6 Å². The Hall–Kier alpha value is -3.39. The molecule has 1 spiro atoms. The summed E-state index contributed by atoms with van der Waals surface area (Å²) in [6, 6.07) is 6.12. The number of rotatable bonds is 2. The maximum atomic E-state index is 14.3. The lowest BCUT2D eigenvalue weighted by Crippen LogP contribution is -2.31. The summed E-state index contributed by atoms with van der Waals surface area (Å²) in [5, 5.41) is 0.316. The molecule has 0 saturated heterocycles. The minimum absolute atomic E-state index is 0.171. The molecule has 2 aliphatic rings. The smallest absolute Gasteiger partial charge is 0.339 e. The number of nitrogens with one attached hydrogen (secondary N) is 1. The molecule has 1 fully saturated rings. The number of imidazole rings is 1. The SMILES string of the molecule is O=C1O[C@]2(CC[C@H](c3nc4nc(-c5ccc(Cl)cc5F)ncc4[nH]3)CC2)c2cnccc21. The Balaban J connectivity index is 1.26. The van der Waals surface area contributed by atoms with Gasteiger partial charge in [0.25, 0.3) is 0 Å². The van der Waals surface area contributed by atoms with Gasteiger partial charge >= 0.3 is 5.97 Å². The fraction of sp³-hybridized carbons (Fsp3) is 0.261. The number of fused-ring (bicyclic) bond motifs is 3. The van der Waals surface area contributed by atoms with Gasteiger partial charge in [-0.1, -0.05) is 11.6 Å². The summed E-state index contributed by atoms with van der Waals surface area (Å²) in [5.41, 5.74) is 2.35. The molecule has 1 aliphatic heterocycles. The molecule has 0 bridgehead atoms. The maximum Gasteiger partial charge on any atom is 0.339 e. The molecule has 0 radical (unpaired) electrons. The van der Waals surface area contributed by atoms with E-state index < -0.39 is 11.4 Å². The maximum absolute atomic E-state index is 14.3. The number of hydrogen-bond acceptors (Lipinski definition) is 6. The molecule has 0 unspecified atom stereocenters. The average Bonchev–Trinajstić information content (AvgIpc) is 3.33. The highest BCUT2D eigenvalue weighted by atomic mass is 35.5. The standard InChI is InChI=1S/C23H17ClFN5O2/c24-13-1-2-15(17(25)9-13)20-27-11-18-21(30-20)29-19(28-18)12-3-6-23(7-4-12)16-10-26-8-5-14(16)22(31)32-23/h1-2,5,8-12H,3-4,6-7H2,(H,27,28,29,30)/t12-,23-. The minimum atomic E-state index is -0.595. The highest BCUT2D eigenvalue weighted by Crippen LogP contribution is 2.49. The lowest BCUT2D eigenvalue weighted by Gasteiger charge is -2.35. The van der Waals surface area contributed by atoms with E-state index in [9.17, 15) is 9.18 Å². The van der Waals surface area contributed by atoms with Crippen LogP contribution in [0.15, 0.2) is 42.9 Å². The van der Waals surface area contributed by atoms with Gasteiger partial charge in [0, 0.05) is 28.9 Å². The fourth-order valence-electron chi connectivity index (χ4n) is 4.77. The largest absolute Gasteiger partial charge is 0.450 e. The minimum Gasteiger partial charge on any atom is -0.450 e. The zero-order valence-electron chi connectivity index (χ0n) is 16.8. The number of H-pyrrole nitrogens is 1. The first-order chi connectivity index (χ1) is 15.5. The average molecular weight is 450 g/mol. The van der Waals surface area contributed by atoms with E-state index in [1.807, 2.05) is 0 Å². The zero-order valence-corrected chi connectivity index (χ0v) is 17.6. The van der Waals surface area contributed by atoms with Crippen molar-refractivity contribution >= 4 is 28.7 Å². The Morgan fingerprint density at radius 3 is 2.78 bits per heavy atom. The van der Waals surface area contributed by atoms with Crippen molar-refractivity contribution in [2.75, 3.05) is 0 Å². The van der Waals surface area contributed by atoms with Gasteiger partial charge in [0.1, 0.15) is 22.8 Å². The van der Waals surface area contributed by atoms with E-state index in [2.05, 4.69) is 24.9 Å². The fourth-order valence-corrected chi connectivity index (χ4v) is 4.93. The van der Waals surface area contributed by atoms with Crippen LogP contribution in [0.1, 0.15) is 53.3 Å². The van der Waals surface area contributed by atoms with Crippen LogP contribution in [0.5, 0.6) is 0 Å². The van der Waals surface area contributed by atoms with E-state index in [-0.39, 0.29) is 23.3 Å². The van der Waals surface area contributed by atoms with Crippen LogP contribution in [0, 0.1) is 5.82 Å². The number of ether oxygens (including phenoxy) is 1. The molecule has 0 atom stereocenters. The lowest BCUT2D eigenvalue weighted by molar-refractivity contribution is -0.0313. The molecule has 1 aromatic carbocycles. The molecule has 1 N–H and O–H groups in total. The quantitative estimate of drug-likeness (QED) is 0.436. The second-order valence-electron chi connectivity index (χ2n) is 8.26. The number of pyridine rings is 1. The summed E-state index contributed by atoms with van der Waals surface area (Å²) in [6.07, 6.45) is 7.98. The molecule has 9 heteroatoms. The van der Waals surface area contributed by atoms with E-state index in [0.717, 1.165) is 24.2 Å². The van der Waals surface area contributed by atoms with Gasteiger partial charge in [0.2, 0.25) is 0 Å². The van der Waals surface area contributed by atoms with Crippen LogP contribution in [0.2, 0.25) is 5.02 Å². The molecule has 3 aromatic heterocycles. The summed E-state index contributed by atoms with van der Waals surface area (Å²) >= 11 is 5.84. The van der Waals surface area contributed by atoms with Gasteiger partial charge in [0.05, 0.1) is 17.3 Å². The third-order valence-electron chi connectivity index (χ3n) is 6.43. The first kappa shape index (κ1) is 19.3. The number of nitrogens with zero attached hydrogens (tertiary/aromatic N) is 4. The number of hydrogen-bond donors (Lipinski definition) is 1. The first-order valence-electron chi connectivity index (χ1n) is 10.4. The van der Waals surface area contributed by atoms with Gasteiger partial charge in [-0.05, 0) is 49.9 Å². The van der Waals surface area contributed by atoms with Crippen molar-refractivity contribution in [2.45, 2.75) is 37.2 Å². The number of esters is 1. The van der Waals surface area contributed by atoms with E-state index in [4.69, 9.17) is 16.3 Å². The summed E-state index contributed by atoms with van der Waals surface area (Å²) in [6.45, 7) is 0. The zero-order chi connectivity index (χ0) is 21.9. The van der Waals surface area contributed by atoms with Crippen LogP contribution in [0.3, 0.4) is 0 Å². The molecular formula is C23H17ClFN5O2. The monoisotopic (exact) mass is 449 g/mol. The van der Waals surface area contributed by atoms with Gasteiger partial charge in [-0.25, -0.2) is 24.1 Å². The second-order valence-corrected chi connectivity index (χ2v) is 8.69. The predicted molar refractivity (Wildman–Crippen MR) is 115 cm³/mol. The van der Waals surface area contributed by atoms with Gasteiger partial charge in [-0.3, -0.25) is 4.98 Å². The number of carbonyl (C=O) groups is 1. The Labute approximate surface area is 187 Å². The van der Waals surface area contributed by atoms with Gasteiger partial charge in [-0.2, -0.15) is 0 Å². The molecule has 32 heavy (non-hydrogen) atoms. The molecule has 7 nitrogen and oxygen atoms in total. The molecule has 4 aromatic rings. The van der Waals surface area contributed by atoms with Crippen LogP contribution in [-0.4, -0.2) is 30.9 Å². The number of benzene rings is 1. The Morgan fingerprint density at radius 2 is 1.97 bits per heavy atom. The lowest BCUT2D eigenvalue weighted by atomic mass is 9.75. The summed E-state index contributed by atoms with van der Waals surface area (Å²) in [4.78, 5) is 33.2. The van der Waals surface area contributed by atoms with E-state index >= 15 is 0 Å². The van der Waals surface area contributed by atoms with E-state index in [0.29, 0.717) is 34.6 Å². The Morgan fingerprint density at radius 1 is 1.12 bits per heavy atom. The van der Waals surface area contributed by atoms with Gasteiger partial charge < -0.3 is 9.72 Å². The first-order valence-corrected chi connectivity index (χ1v) is 10.8. The van der Waals surface area contributed by atoms with Gasteiger partial charge in [-0.15, -0.1) is 0 Å². The second kappa shape index (κ2) is 7.06. The van der Waals surface area contributed by atoms with Gasteiger partial charge in [0.15, 0.2) is 11.5 Å². The van der Waals surface area contributed by atoms with Crippen molar-refractivity contribution in [1.82, 2.24) is 24.9 Å².